The van der Waals surface area contributed by atoms with Crippen LogP contribution in [0.4, 0.5) is 11.5 Å². The van der Waals surface area contributed by atoms with Crippen LogP contribution in [0.15, 0.2) is 78.1 Å². The summed E-state index contributed by atoms with van der Waals surface area (Å²) in [5, 5.41) is 7.10. The van der Waals surface area contributed by atoms with Crippen molar-refractivity contribution < 1.29 is 13.2 Å². The Morgan fingerprint density at radius 3 is 2.36 bits per heavy atom. The summed E-state index contributed by atoms with van der Waals surface area (Å²) < 4.78 is 29.9. The van der Waals surface area contributed by atoms with Crippen molar-refractivity contribution in [2.75, 3.05) is 11.1 Å². The van der Waals surface area contributed by atoms with Gasteiger partial charge < -0.3 is 11.1 Å². The van der Waals surface area contributed by atoms with Crippen LogP contribution in [0.5, 0.6) is 0 Å². The molecule has 0 unspecified atom stereocenters. The number of rotatable bonds is 7. The van der Waals surface area contributed by atoms with Crippen LogP contribution in [-0.2, 0) is 14.8 Å². The van der Waals surface area contributed by atoms with Crippen LogP contribution < -0.4 is 15.8 Å². The largest absolute Gasteiger partial charge is 0.382 e. The molecule has 0 saturated heterocycles. The average Bonchev–Trinajstić information content (AvgIpc) is 3.23. The lowest BCUT2D eigenvalue weighted by Gasteiger charge is -2.26. The van der Waals surface area contributed by atoms with Gasteiger partial charge in [-0.2, -0.15) is 5.10 Å². The van der Waals surface area contributed by atoms with Gasteiger partial charge in [-0.1, -0.05) is 37.3 Å². The van der Waals surface area contributed by atoms with E-state index in [1.807, 2.05) is 18.3 Å². The van der Waals surface area contributed by atoms with Crippen molar-refractivity contribution in [3.63, 3.8) is 0 Å². The van der Waals surface area contributed by atoms with Gasteiger partial charge in [0.2, 0.25) is 10.0 Å². The highest BCUT2D eigenvalue weighted by Crippen LogP contribution is 2.39. The third kappa shape index (κ3) is 4.48. The van der Waals surface area contributed by atoms with Crippen LogP contribution in [0.3, 0.4) is 0 Å². The molecule has 2 heterocycles. The molecule has 1 aliphatic rings. The van der Waals surface area contributed by atoms with Gasteiger partial charge in [0.05, 0.1) is 4.90 Å². The van der Waals surface area contributed by atoms with Crippen LogP contribution in [0.1, 0.15) is 26.2 Å². The number of carbonyl (C=O) groups is 1. The molecule has 1 fully saturated rings. The van der Waals surface area contributed by atoms with Crippen LogP contribution >= 0.6 is 0 Å². The third-order valence-electron chi connectivity index (χ3n) is 6.32. The minimum atomic E-state index is -3.59. The van der Waals surface area contributed by atoms with Crippen LogP contribution in [0.2, 0.25) is 0 Å². The second-order valence-electron chi connectivity index (χ2n) is 8.94. The topological polar surface area (TPSA) is 131 Å². The number of sulfonamides is 1. The van der Waals surface area contributed by atoms with E-state index >= 15 is 0 Å². The molecular weight excluding hydrogens is 476 g/mol. The number of nitrogen functional groups attached to an aromatic ring is 1. The maximum absolute atomic E-state index is 12.7. The Hall–Kier alpha value is -4.02. The Labute approximate surface area is 209 Å². The van der Waals surface area contributed by atoms with E-state index in [1.165, 1.54) is 6.33 Å². The summed E-state index contributed by atoms with van der Waals surface area (Å²) in [6.45, 7) is 5.30. The predicted octanol–water partition coefficient (Wildman–Crippen LogP) is 3.99. The molecule has 0 atom stereocenters. The number of amides is 1. The second-order valence-corrected chi connectivity index (χ2v) is 10.7. The van der Waals surface area contributed by atoms with Crippen molar-refractivity contribution in [2.24, 2.45) is 0 Å². The number of fused-ring (bicyclic) bond motifs is 1. The van der Waals surface area contributed by atoms with E-state index in [2.05, 4.69) is 26.7 Å². The SMILES string of the molecule is C=C(C)C(=O)Nc1ccc(-c2cn3ncnc(N)c3c2-c2ccc(S(=O)(=O)NC3CCC3)cc2)cc1. The maximum atomic E-state index is 12.7. The Kier molecular flexibility index (Phi) is 6.07. The van der Waals surface area contributed by atoms with Gasteiger partial charge >= 0.3 is 0 Å². The quantitative estimate of drug-likeness (QED) is 0.328. The smallest absolute Gasteiger partial charge is 0.250 e. The van der Waals surface area contributed by atoms with Gasteiger partial charge in [0.1, 0.15) is 11.8 Å². The number of anilines is 2. The van der Waals surface area contributed by atoms with E-state index in [0.29, 0.717) is 22.6 Å². The first kappa shape index (κ1) is 23.7. The van der Waals surface area contributed by atoms with Gasteiger partial charge in [0.15, 0.2) is 5.82 Å². The second kappa shape index (κ2) is 9.21. The first-order valence-electron chi connectivity index (χ1n) is 11.5. The predicted molar refractivity (Wildman–Crippen MR) is 140 cm³/mol. The average molecular weight is 503 g/mol. The van der Waals surface area contributed by atoms with E-state index < -0.39 is 10.0 Å². The summed E-state index contributed by atoms with van der Waals surface area (Å²) in [7, 11) is -3.59. The lowest BCUT2D eigenvalue weighted by Crippen LogP contribution is -2.39. The van der Waals surface area contributed by atoms with Crippen LogP contribution in [0.25, 0.3) is 27.8 Å². The van der Waals surface area contributed by atoms with E-state index in [-0.39, 0.29) is 16.8 Å². The van der Waals surface area contributed by atoms with Gasteiger partial charge in [-0.05, 0) is 55.2 Å². The molecule has 36 heavy (non-hydrogen) atoms. The molecule has 9 nitrogen and oxygen atoms in total. The van der Waals surface area contributed by atoms with Crippen LogP contribution in [0, 0.1) is 0 Å². The number of benzene rings is 2. The summed E-state index contributed by atoms with van der Waals surface area (Å²) in [5.74, 6) is 0.0582. The monoisotopic (exact) mass is 502 g/mol. The fourth-order valence-corrected chi connectivity index (χ4v) is 5.44. The summed E-state index contributed by atoms with van der Waals surface area (Å²) in [4.78, 5) is 16.3. The Bertz CT molecular complexity index is 1570. The number of hydrogen-bond acceptors (Lipinski definition) is 6. The number of nitrogens with two attached hydrogens (primary N) is 1. The van der Waals surface area contributed by atoms with Gasteiger partial charge in [-0.3, -0.25) is 4.79 Å². The van der Waals surface area contributed by atoms with Crippen molar-refractivity contribution in [3.8, 4) is 22.3 Å². The summed E-state index contributed by atoms with van der Waals surface area (Å²) in [6.07, 6.45) is 6.01. The standard InChI is InChI=1S/C26H26N6O3S/c1-16(2)26(33)30-19-10-6-17(7-11-19)22-14-32-24(25(27)28-15-29-32)23(22)18-8-12-21(13-9-18)36(34,35)31-20-4-3-5-20/h6-15,20,31H,1,3-5H2,2H3,(H,30,33)(H2,27,28,29). The van der Waals surface area contributed by atoms with Crippen molar-refractivity contribution in [1.82, 2.24) is 19.3 Å². The molecule has 2 aromatic carbocycles. The zero-order valence-corrected chi connectivity index (χ0v) is 20.5. The highest BCUT2D eigenvalue weighted by atomic mass is 32.2. The molecule has 2 aromatic heterocycles. The molecule has 1 saturated carbocycles. The van der Waals surface area contributed by atoms with Gasteiger partial charge in [0, 0.05) is 34.6 Å². The molecule has 184 valence electrons. The molecule has 0 aliphatic heterocycles. The molecule has 4 aromatic rings. The van der Waals surface area contributed by atoms with Crippen molar-refractivity contribution in [1.29, 1.82) is 0 Å². The molecule has 4 N–H and O–H groups in total. The van der Waals surface area contributed by atoms with Crippen molar-refractivity contribution in [2.45, 2.75) is 37.1 Å². The van der Waals surface area contributed by atoms with Crippen LogP contribution in [-0.4, -0.2) is 35.0 Å². The van der Waals surface area contributed by atoms with Crippen molar-refractivity contribution in [3.05, 3.63) is 73.2 Å². The number of hydrogen-bond donors (Lipinski definition) is 3. The Morgan fingerprint density at radius 2 is 1.75 bits per heavy atom. The molecule has 10 heteroatoms. The van der Waals surface area contributed by atoms with Gasteiger partial charge in [-0.25, -0.2) is 22.6 Å². The Balaban J connectivity index is 1.55. The highest BCUT2D eigenvalue weighted by molar-refractivity contribution is 7.89. The number of aromatic nitrogens is 3. The Morgan fingerprint density at radius 1 is 1.08 bits per heavy atom. The fraction of sp³-hybridized carbons (Fsp3) is 0.192. The lowest BCUT2D eigenvalue weighted by atomic mass is 9.94. The van der Waals surface area contributed by atoms with Crippen molar-refractivity contribution >= 4 is 33.0 Å². The molecule has 0 bridgehead atoms. The summed E-state index contributed by atoms with van der Waals surface area (Å²) in [6, 6.07) is 14.1. The van der Waals surface area contributed by atoms with E-state index in [9.17, 15) is 13.2 Å². The minimum absolute atomic E-state index is 0.0109. The van der Waals surface area contributed by atoms with Gasteiger partial charge in [-0.15, -0.1) is 0 Å². The summed E-state index contributed by atoms with van der Waals surface area (Å²) in [5.41, 5.74) is 11.2. The third-order valence-corrected chi connectivity index (χ3v) is 7.86. The van der Waals surface area contributed by atoms with E-state index in [0.717, 1.165) is 41.5 Å². The number of nitrogens with zero attached hydrogens (tertiary/aromatic N) is 3. The molecule has 0 radical (unpaired) electrons. The molecule has 5 rings (SSSR count). The normalized spacial score (nSPS) is 13.9. The molecular formula is C26H26N6O3S. The van der Waals surface area contributed by atoms with Gasteiger partial charge in [0.25, 0.3) is 5.91 Å². The number of carbonyl (C=O) groups excluding carboxylic acids is 1. The molecule has 1 aliphatic carbocycles. The zero-order chi connectivity index (χ0) is 25.4. The van der Waals surface area contributed by atoms with E-state index in [1.54, 1.807) is 47.8 Å². The minimum Gasteiger partial charge on any atom is -0.382 e. The molecule has 1 amide bonds. The lowest BCUT2D eigenvalue weighted by molar-refractivity contribution is -0.112. The van der Waals surface area contributed by atoms with E-state index in [4.69, 9.17) is 5.73 Å². The first-order chi connectivity index (χ1) is 17.2. The highest BCUT2D eigenvalue weighted by Gasteiger charge is 2.25. The first-order valence-corrected chi connectivity index (χ1v) is 13.0. The summed E-state index contributed by atoms with van der Waals surface area (Å²) >= 11 is 0. The number of nitrogens with one attached hydrogen (secondary N) is 2. The zero-order valence-electron chi connectivity index (χ0n) is 19.7. The fourth-order valence-electron chi connectivity index (χ4n) is 4.13. The molecule has 0 spiro atoms. The maximum Gasteiger partial charge on any atom is 0.250 e.